The summed E-state index contributed by atoms with van der Waals surface area (Å²) < 4.78 is 0. The van der Waals surface area contributed by atoms with Gasteiger partial charge in [0.25, 0.3) is 0 Å². The summed E-state index contributed by atoms with van der Waals surface area (Å²) in [5.74, 6) is 0. The first kappa shape index (κ1) is 16.4. The van der Waals surface area contributed by atoms with Gasteiger partial charge >= 0.3 is 0 Å². The van der Waals surface area contributed by atoms with Crippen LogP contribution in [0.3, 0.4) is 0 Å². The Morgan fingerprint density at radius 3 is 1.22 bits per heavy atom. The lowest BCUT2D eigenvalue weighted by atomic mass is 10.0. The molecule has 0 unspecified atom stereocenters. The molecular formula is C20H23N3. The quantitative estimate of drug-likeness (QED) is 0.626. The smallest absolute Gasteiger partial charge is 0.0315 e. The molecule has 0 aliphatic heterocycles. The summed E-state index contributed by atoms with van der Waals surface area (Å²) in [6.07, 6.45) is 0.973. The predicted octanol–water partition coefficient (Wildman–Crippen LogP) is 4.02. The molecular weight excluding hydrogens is 282 g/mol. The van der Waals surface area contributed by atoms with Crippen molar-refractivity contribution >= 4 is 17.1 Å². The molecule has 0 atom stereocenters. The number of nitrogens with two attached hydrogens (primary N) is 3. The van der Waals surface area contributed by atoms with Crippen LogP contribution in [0.15, 0.2) is 72.8 Å². The van der Waals surface area contributed by atoms with Crippen molar-refractivity contribution < 1.29 is 0 Å². The van der Waals surface area contributed by atoms with Gasteiger partial charge < -0.3 is 17.2 Å². The first-order valence-corrected chi connectivity index (χ1v) is 7.54. The standard InChI is InChI=1S/C14H15N.C6H8N2/c1-11-2-4-12(5-3-11)10-13-6-8-14(15)9-7-13;7-5-1-2-6(8)4-3-5/h2-9H,10,15H2,1H3;1-4H,7-8H2. The van der Waals surface area contributed by atoms with Crippen molar-refractivity contribution in [3.63, 3.8) is 0 Å². The lowest BCUT2D eigenvalue weighted by molar-refractivity contribution is 1.19. The van der Waals surface area contributed by atoms with Gasteiger partial charge in [-0.25, -0.2) is 0 Å². The number of hydrogen-bond acceptors (Lipinski definition) is 3. The Hall–Kier alpha value is -2.94. The van der Waals surface area contributed by atoms with Gasteiger partial charge in [0.15, 0.2) is 0 Å². The molecule has 0 aliphatic rings. The predicted molar refractivity (Wildman–Crippen MR) is 100 cm³/mol. The summed E-state index contributed by atoms with van der Waals surface area (Å²) >= 11 is 0. The van der Waals surface area contributed by atoms with E-state index in [2.05, 4.69) is 43.3 Å². The van der Waals surface area contributed by atoms with E-state index < -0.39 is 0 Å². The molecule has 0 fully saturated rings. The van der Waals surface area contributed by atoms with E-state index in [1.165, 1.54) is 16.7 Å². The number of anilines is 3. The Morgan fingerprint density at radius 1 is 0.522 bits per heavy atom. The monoisotopic (exact) mass is 305 g/mol. The van der Waals surface area contributed by atoms with Crippen molar-refractivity contribution in [2.24, 2.45) is 0 Å². The zero-order valence-corrected chi connectivity index (χ0v) is 13.4. The fraction of sp³-hybridized carbons (Fsp3) is 0.100. The van der Waals surface area contributed by atoms with Gasteiger partial charge in [-0.3, -0.25) is 0 Å². The van der Waals surface area contributed by atoms with E-state index >= 15 is 0 Å². The van der Waals surface area contributed by atoms with Gasteiger partial charge in [0.05, 0.1) is 0 Å². The van der Waals surface area contributed by atoms with Gasteiger partial charge in [-0.15, -0.1) is 0 Å². The molecule has 118 valence electrons. The molecule has 0 saturated heterocycles. The minimum absolute atomic E-state index is 0.749. The number of nitrogen functional groups attached to an aromatic ring is 3. The van der Waals surface area contributed by atoms with Crippen molar-refractivity contribution in [3.8, 4) is 0 Å². The highest BCUT2D eigenvalue weighted by Crippen LogP contribution is 2.12. The average Bonchev–Trinajstić information content (AvgIpc) is 2.55. The number of aryl methyl sites for hydroxylation is 1. The van der Waals surface area contributed by atoms with Gasteiger partial charge in [-0.1, -0.05) is 42.0 Å². The highest BCUT2D eigenvalue weighted by molar-refractivity contribution is 5.47. The Labute approximate surface area is 137 Å². The van der Waals surface area contributed by atoms with Gasteiger partial charge in [0, 0.05) is 17.1 Å². The average molecular weight is 305 g/mol. The Kier molecular flexibility index (Phi) is 5.64. The third kappa shape index (κ3) is 5.75. The molecule has 3 heteroatoms. The summed E-state index contributed by atoms with van der Waals surface area (Å²) in [5.41, 5.74) is 22.6. The molecule has 3 rings (SSSR count). The second-order valence-electron chi connectivity index (χ2n) is 5.57. The van der Waals surface area contributed by atoms with E-state index in [1.807, 2.05) is 12.1 Å². The normalized spacial score (nSPS) is 9.78. The molecule has 3 aromatic carbocycles. The van der Waals surface area contributed by atoms with Gasteiger partial charge in [-0.05, 0) is 60.9 Å². The summed E-state index contributed by atoms with van der Waals surface area (Å²) in [6, 6.07) is 23.8. The van der Waals surface area contributed by atoms with Crippen LogP contribution in [0.1, 0.15) is 16.7 Å². The third-order valence-corrected chi connectivity index (χ3v) is 3.45. The van der Waals surface area contributed by atoms with Crippen molar-refractivity contribution in [2.75, 3.05) is 17.2 Å². The highest BCUT2D eigenvalue weighted by Gasteiger charge is 1.95. The van der Waals surface area contributed by atoms with Crippen molar-refractivity contribution in [1.82, 2.24) is 0 Å². The molecule has 23 heavy (non-hydrogen) atoms. The summed E-state index contributed by atoms with van der Waals surface area (Å²) in [7, 11) is 0. The maximum absolute atomic E-state index is 5.64. The van der Waals surface area contributed by atoms with Crippen LogP contribution >= 0.6 is 0 Å². The van der Waals surface area contributed by atoms with Crippen LogP contribution in [0, 0.1) is 6.92 Å². The van der Waals surface area contributed by atoms with E-state index in [0.717, 1.165) is 23.5 Å². The van der Waals surface area contributed by atoms with Crippen LogP contribution in [0.2, 0.25) is 0 Å². The fourth-order valence-electron chi connectivity index (χ4n) is 2.07. The Balaban J connectivity index is 0.000000203. The van der Waals surface area contributed by atoms with E-state index in [4.69, 9.17) is 17.2 Å². The van der Waals surface area contributed by atoms with Crippen molar-refractivity contribution in [1.29, 1.82) is 0 Å². The zero-order valence-electron chi connectivity index (χ0n) is 13.4. The zero-order chi connectivity index (χ0) is 16.7. The first-order valence-electron chi connectivity index (χ1n) is 7.54. The highest BCUT2D eigenvalue weighted by atomic mass is 14.6. The lowest BCUT2D eigenvalue weighted by Gasteiger charge is -2.02. The molecule has 0 aromatic heterocycles. The largest absolute Gasteiger partial charge is 0.399 e. The lowest BCUT2D eigenvalue weighted by Crippen LogP contribution is -1.89. The summed E-state index contributed by atoms with van der Waals surface area (Å²) in [4.78, 5) is 0. The molecule has 3 nitrogen and oxygen atoms in total. The first-order chi connectivity index (χ1) is 11.0. The van der Waals surface area contributed by atoms with Gasteiger partial charge in [0.2, 0.25) is 0 Å². The van der Waals surface area contributed by atoms with Crippen LogP contribution in [-0.2, 0) is 6.42 Å². The fourth-order valence-corrected chi connectivity index (χ4v) is 2.07. The summed E-state index contributed by atoms with van der Waals surface area (Å²) in [6.45, 7) is 2.10. The molecule has 0 aliphatic carbocycles. The molecule has 0 amide bonds. The third-order valence-electron chi connectivity index (χ3n) is 3.45. The molecule has 0 heterocycles. The minimum atomic E-state index is 0.749. The van der Waals surface area contributed by atoms with Crippen LogP contribution in [0.4, 0.5) is 17.1 Å². The molecule has 0 saturated carbocycles. The van der Waals surface area contributed by atoms with Crippen LogP contribution < -0.4 is 17.2 Å². The second-order valence-corrected chi connectivity index (χ2v) is 5.57. The van der Waals surface area contributed by atoms with Crippen LogP contribution in [0.25, 0.3) is 0 Å². The SMILES string of the molecule is Cc1ccc(Cc2ccc(N)cc2)cc1.Nc1ccc(N)cc1. The van der Waals surface area contributed by atoms with Crippen LogP contribution in [-0.4, -0.2) is 0 Å². The number of hydrogen-bond donors (Lipinski definition) is 3. The Bertz CT molecular complexity index is 650. The van der Waals surface area contributed by atoms with E-state index in [-0.39, 0.29) is 0 Å². The van der Waals surface area contributed by atoms with E-state index in [9.17, 15) is 0 Å². The molecule has 0 radical (unpaired) electrons. The maximum Gasteiger partial charge on any atom is 0.0315 e. The second kappa shape index (κ2) is 7.90. The number of rotatable bonds is 2. The Morgan fingerprint density at radius 2 is 0.826 bits per heavy atom. The van der Waals surface area contributed by atoms with Gasteiger partial charge in [0.1, 0.15) is 0 Å². The van der Waals surface area contributed by atoms with E-state index in [0.29, 0.717) is 0 Å². The van der Waals surface area contributed by atoms with Gasteiger partial charge in [-0.2, -0.15) is 0 Å². The van der Waals surface area contributed by atoms with E-state index in [1.54, 1.807) is 24.3 Å². The van der Waals surface area contributed by atoms with Crippen molar-refractivity contribution in [3.05, 3.63) is 89.5 Å². The number of benzene rings is 3. The summed E-state index contributed by atoms with van der Waals surface area (Å²) in [5, 5.41) is 0. The topological polar surface area (TPSA) is 78.1 Å². The maximum atomic E-state index is 5.64. The molecule has 0 bridgehead atoms. The van der Waals surface area contributed by atoms with Crippen LogP contribution in [0.5, 0.6) is 0 Å². The molecule has 0 spiro atoms. The van der Waals surface area contributed by atoms with Crippen molar-refractivity contribution in [2.45, 2.75) is 13.3 Å². The minimum Gasteiger partial charge on any atom is -0.399 e. The molecule has 3 aromatic rings. The molecule has 6 N–H and O–H groups in total.